The van der Waals surface area contributed by atoms with Gasteiger partial charge in [-0.1, -0.05) is 37.3 Å². The van der Waals surface area contributed by atoms with Crippen LogP contribution in [0, 0.1) is 5.92 Å². The van der Waals surface area contributed by atoms with Crippen molar-refractivity contribution in [2.24, 2.45) is 5.92 Å². The van der Waals surface area contributed by atoms with Gasteiger partial charge in [0.1, 0.15) is 6.61 Å². The average Bonchev–Trinajstić information content (AvgIpc) is 2.38. The summed E-state index contributed by atoms with van der Waals surface area (Å²) in [6, 6.07) is 9.76. The van der Waals surface area contributed by atoms with Crippen molar-refractivity contribution in [2.45, 2.75) is 25.9 Å². The molecule has 0 bridgehead atoms. The molecular weight excluding hydrogens is 267 g/mol. The van der Waals surface area contributed by atoms with Crippen molar-refractivity contribution in [2.75, 3.05) is 26.3 Å². The minimum Gasteiger partial charge on any atom is -0.372 e. The van der Waals surface area contributed by atoms with Gasteiger partial charge in [0.05, 0.1) is 6.61 Å². The zero-order chi connectivity index (χ0) is 14.8. The van der Waals surface area contributed by atoms with E-state index in [4.69, 9.17) is 4.74 Å². The van der Waals surface area contributed by atoms with Gasteiger partial charge in [0.15, 0.2) is 0 Å². The van der Waals surface area contributed by atoms with Crippen LogP contribution in [-0.4, -0.2) is 32.5 Å². The van der Waals surface area contributed by atoms with E-state index < -0.39 is 12.8 Å². The SMILES string of the molecule is CCCNCC(COCC(F)(F)F)Cc1ccccc1. The van der Waals surface area contributed by atoms with Crippen molar-refractivity contribution in [1.29, 1.82) is 0 Å². The van der Waals surface area contributed by atoms with Gasteiger partial charge in [-0.15, -0.1) is 0 Å². The minimum absolute atomic E-state index is 0.0475. The lowest BCUT2D eigenvalue weighted by Gasteiger charge is -2.18. The van der Waals surface area contributed by atoms with E-state index in [1.54, 1.807) is 0 Å². The zero-order valence-electron chi connectivity index (χ0n) is 11.7. The monoisotopic (exact) mass is 289 g/mol. The Labute approximate surface area is 118 Å². The van der Waals surface area contributed by atoms with Crippen LogP contribution in [0.4, 0.5) is 13.2 Å². The van der Waals surface area contributed by atoms with Crippen LogP contribution in [0.1, 0.15) is 18.9 Å². The lowest BCUT2D eigenvalue weighted by atomic mass is 10.00. The molecule has 0 spiro atoms. The van der Waals surface area contributed by atoms with Crippen molar-refractivity contribution in [3.8, 4) is 0 Å². The Bertz CT molecular complexity index is 354. The highest BCUT2D eigenvalue weighted by Crippen LogP contribution is 2.16. The van der Waals surface area contributed by atoms with Crippen LogP contribution in [0.2, 0.25) is 0 Å². The first kappa shape index (κ1) is 17.0. The van der Waals surface area contributed by atoms with Gasteiger partial charge < -0.3 is 10.1 Å². The summed E-state index contributed by atoms with van der Waals surface area (Å²) in [4.78, 5) is 0. The van der Waals surface area contributed by atoms with Gasteiger partial charge in [-0.25, -0.2) is 0 Å². The van der Waals surface area contributed by atoms with E-state index in [2.05, 4.69) is 12.2 Å². The van der Waals surface area contributed by atoms with Crippen molar-refractivity contribution in [1.82, 2.24) is 5.32 Å². The van der Waals surface area contributed by atoms with E-state index in [0.717, 1.165) is 24.9 Å². The Morgan fingerprint density at radius 2 is 1.90 bits per heavy atom. The summed E-state index contributed by atoms with van der Waals surface area (Å²) in [6.07, 6.45) is -2.54. The molecule has 20 heavy (non-hydrogen) atoms. The second kappa shape index (κ2) is 8.97. The molecule has 1 aromatic carbocycles. The van der Waals surface area contributed by atoms with Gasteiger partial charge >= 0.3 is 6.18 Å². The van der Waals surface area contributed by atoms with E-state index in [1.165, 1.54) is 0 Å². The van der Waals surface area contributed by atoms with Gasteiger partial charge in [-0.2, -0.15) is 13.2 Å². The Kier molecular flexibility index (Phi) is 7.62. The summed E-state index contributed by atoms with van der Waals surface area (Å²) in [5.41, 5.74) is 1.12. The predicted molar refractivity (Wildman–Crippen MR) is 73.7 cm³/mol. The van der Waals surface area contributed by atoms with Crippen molar-refractivity contribution < 1.29 is 17.9 Å². The molecule has 1 aromatic rings. The van der Waals surface area contributed by atoms with E-state index in [9.17, 15) is 13.2 Å². The average molecular weight is 289 g/mol. The molecule has 0 fully saturated rings. The van der Waals surface area contributed by atoms with Crippen LogP contribution in [0.5, 0.6) is 0 Å². The van der Waals surface area contributed by atoms with Crippen LogP contribution >= 0.6 is 0 Å². The first-order valence-electron chi connectivity index (χ1n) is 6.90. The standard InChI is InChI=1S/C15H22F3NO/c1-2-8-19-10-14(11-20-12-15(16,17)18)9-13-6-4-3-5-7-13/h3-7,14,19H,2,8-12H2,1H3. The van der Waals surface area contributed by atoms with Gasteiger partial charge in [0.2, 0.25) is 0 Å². The molecule has 0 radical (unpaired) electrons. The molecule has 0 amide bonds. The molecule has 1 N–H and O–H groups in total. The lowest BCUT2D eigenvalue weighted by Crippen LogP contribution is -2.30. The number of ether oxygens (including phenoxy) is 1. The van der Waals surface area contributed by atoms with E-state index in [1.807, 2.05) is 30.3 Å². The third kappa shape index (κ3) is 8.17. The van der Waals surface area contributed by atoms with Crippen LogP contribution in [-0.2, 0) is 11.2 Å². The molecule has 0 aliphatic heterocycles. The molecule has 2 nitrogen and oxygen atoms in total. The Morgan fingerprint density at radius 1 is 1.20 bits per heavy atom. The highest BCUT2D eigenvalue weighted by Gasteiger charge is 2.27. The van der Waals surface area contributed by atoms with Crippen LogP contribution in [0.3, 0.4) is 0 Å². The molecule has 0 aliphatic carbocycles. The largest absolute Gasteiger partial charge is 0.411 e. The normalized spacial score (nSPS) is 13.4. The molecule has 0 saturated heterocycles. The highest BCUT2D eigenvalue weighted by atomic mass is 19.4. The maximum Gasteiger partial charge on any atom is 0.411 e. The lowest BCUT2D eigenvalue weighted by molar-refractivity contribution is -0.176. The fraction of sp³-hybridized carbons (Fsp3) is 0.600. The molecular formula is C15H22F3NO. The van der Waals surface area contributed by atoms with E-state index in [-0.39, 0.29) is 12.5 Å². The first-order valence-corrected chi connectivity index (χ1v) is 6.90. The number of benzene rings is 1. The molecule has 0 aliphatic rings. The molecule has 1 atom stereocenters. The summed E-state index contributed by atoms with van der Waals surface area (Å²) < 4.78 is 41.1. The number of nitrogens with one attached hydrogen (secondary N) is 1. The Balaban J connectivity index is 2.43. The number of halogens is 3. The van der Waals surface area contributed by atoms with Gasteiger partial charge in [-0.3, -0.25) is 0 Å². The van der Waals surface area contributed by atoms with Crippen LogP contribution < -0.4 is 5.32 Å². The third-order valence-electron chi connectivity index (χ3n) is 2.85. The van der Waals surface area contributed by atoms with Crippen molar-refractivity contribution in [3.05, 3.63) is 35.9 Å². The molecule has 0 saturated carbocycles. The molecule has 5 heteroatoms. The fourth-order valence-corrected chi connectivity index (χ4v) is 1.96. The molecule has 1 rings (SSSR count). The highest BCUT2D eigenvalue weighted by molar-refractivity contribution is 5.15. The predicted octanol–water partition coefficient (Wildman–Crippen LogP) is 3.42. The molecule has 1 unspecified atom stereocenters. The van der Waals surface area contributed by atoms with E-state index in [0.29, 0.717) is 6.54 Å². The summed E-state index contributed by atoms with van der Waals surface area (Å²) in [5.74, 6) is 0.0475. The van der Waals surface area contributed by atoms with Crippen LogP contribution in [0.25, 0.3) is 0 Å². The van der Waals surface area contributed by atoms with Gasteiger partial charge in [-0.05, 0) is 30.9 Å². The molecule has 114 valence electrons. The van der Waals surface area contributed by atoms with Crippen molar-refractivity contribution >= 4 is 0 Å². The first-order chi connectivity index (χ1) is 9.51. The fourth-order valence-electron chi connectivity index (χ4n) is 1.96. The number of alkyl halides is 3. The van der Waals surface area contributed by atoms with Crippen molar-refractivity contribution in [3.63, 3.8) is 0 Å². The minimum atomic E-state index is -4.26. The number of hydrogen-bond donors (Lipinski definition) is 1. The summed E-state index contributed by atoms with van der Waals surface area (Å²) >= 11 is 0. The Morgan fingerprint density at radius 3 is 2.50 bits per heavy atom. The quantitative estimate of drug-likeness (QED) is 0.703. The summed E-state index contributed by atoms with van der Waals surface area (Å²) in [6.45, 7) is 2.53. The number of hydrogen-bond acceptors (Lipinski definition) is 2. The summed E-state index contributed by atoms with van der Waals surface area (Å²) in [5, 5.41) is 3.24. The second-order valence-corrected chi connectivity index (χ2v) is 4.89. The summed E-state index contributed by atoms with van der Waals surface area (Å²) in [7, 11) is 0. The zero-order valence-corrected chi connectivity index (χ0v) is 11.7. The third-order valence-corrected chi connectivity index (χ3v) is 2.85. The van der Waals surface area contributed by atoms with Gasteiger partial charge in [0, 0.05) is 6.54 Å². The number of rotatable bonds is 9. The Hall–Kier alpha value is -1.07. The van der Waals surface area contributed by atoms with Gasteiger partial charge in [0.25, 0.3) is 0 Å². The van der Waals surface area contributed by atoms with Crippen LogP contribution in [0.15, 0.2) is 30.3 Å². The molecule has 0 aromatic heterocycles. The van der Waals surface area contributed by atoms with E-state index >= 15 is 0 Å². The topological polar surface area (TPSA) is 21.3 Å². The maximum atomic E-state index is 12.1. The smallest absolute Gasteiger partial charge is 0.372 e. The second-order valence-electron chi connectivity index (χ2n) is 4.89. The maximum absolute atomic E-state index is 12.1. The molecule has 0 heterocycles.